The van der Waals surface area contributed by atoms with E-state index in [4.69, 9.17) is 0 Å². The zero-order valence-electron chi connectivity index (χ0n) is 12.4. The molecular weight excluding hydrogens is 232 g/mol. The number of fused-ring (bicyclic) bond motifs is 2. The largest absolute Gasteiger partial charge is 0.280 e. The van der Waals surface area contributed by atoms with Crippen LogP contribution in [0.25, 0.3) is 0 Å². The summed E-state index contributed by atoms with van der Waals surface area (Å²) in [6.07, 6.45) is 10.4. The molecule has 2 rings (SSSR count). The minimum atomic E-state index is 0.0550. The topological polar surface area (TPSA) is 17.1 Å². The van der Waals surface area contributed by atoms with Gasteiger partial charge in [-0.15, -0.1) is 0 Å². The molecule has 0 aromatic carbocycles. The Morgan fingerprint density at radius 3 is 2.95 bits per heavy atom. The van der Waals surface area contributed by atoms with Gasteiger partial charge in [0.1, 0.15) is 0 Å². The number of allylic oxidation sites excluding steroid dienone is 4. The number of rotatable bonds is 0. The maximum atomic E-state index is 12.1. The van der Waals surface area contributed by atoms with Crippen LogP contribution in [-0.4, -0.2) is 5.78 Å². The molecule has 0 saturated heterocycles. The van der Waals surface area contributed by atoms with Crippen molar-refractivity contribution >= 4 is 5.78 Å². The Balaban J connectivity index is 2.29. The summed E-state index contributed by atoms with van der Waals surface area (Å²) in [7, 11) is 0. The van der Waals surface area contributed by atoms with Crippen LogP contribution in [0, 0.1) is 23.2 Å². The first-order chi connectivity index (χ1) is 9.01. The van der Waals surface area contributed by atoms with E-state index in [1.807, 2.05) is 0 Å². The van der Waals surface area contributed by atoms with Gasteiger partial charge in [0.05, 0.1) is 0 Å². The van der Waals surface area contributed by atoms with Crippen LogP contribution in [0.4, 0.5) is 0 Å². The fraction of sp³-hybridized carbons (Fsp3) is 0.611. The number of hydrogen-bond donors (Lipinski definition) is 0. The summed E-state index contributed by atoms with van der Waals surface area (Å²) in [6, 6.07) is 0. The highest BCUT2D eigenvalue weighted by Crippen LogP contribution is 2.44. The molecule has 0 unspecified atom stereocenters. The summed E-state index contributed by atoms with van der Waals surface area (Å²) in [4.78, 5) is 12.1. The van der Waals surface area contributed by atoms with E-state index in [1.54, 1.807) is 0 Å². The third-order valence-electron chi connectivity index (χ3n) is 4.85. The van der Waals surface area contributed by atoms with E-state index in [-0.39, 0.29) is 11.2 Å². The van der Waals surface area contributed by atoms with Crippen LogP contribution >= 0.6 is 0 Å². The molecular formula is C18H24O. The molecule has 2 aliphatic carbocycles. The lowest BCUT2D eigenvalue weighted by Crippen LogP contribution is -2.30. The third-order valence-corrected chi connectivity index (χ3v) is 4.85. The molecule has 2 bridgehead atoms. The Morgan fingerprint density at radius 1 is 1.37 bits per heavy atom. The molecule has 102 valence electrons. The van der Waals surface area contributed by atoms with Crippen LogP contribution in [0.5, 0.6) is 0 Å². The average molecular weight is 256 g/mol. The molecule has 1 nitrogen and oxygen atoms in total. The first-order valence-electron chi connectivity index (χ1n) is 7.39. The zero-order chi connectivity index (χ0) is 13.9. The van der Waals surface area contributed by atoms with Crippen LogP contribution < -0.4 is 0 Å². The quantitative estimate of drug-likeness (QED) is 0.356. The SMILES string of the molecule is C/C1=C\CCC#CC(=O)C2=CC[C@@H](C)[C@](C)(CC1)C2. The minimum absolute atomic E-state index is 0.0550. The van der Waals surface area contributed by atoms with Gasteiger partial charge in [0, 0.05) is 12.0 Å². The van der Waals surface area contributed by atoms with Crippen molar-refractivity contribution in [2.45, 2.75) is 59.3 Å². The van der Waals surface area contributed by atoms with E-state index < -0.39 is 0 Å². The van der Waals surface area contributed by atoms with Gasteiger partial charge in [-0.2, -0.15) is 0 Å². The van der Waals surface area contributed by atoms with Crippen molar-refractivity contribution in [2.24, 2.45) is 11.3 Å². The Kier molecular flexibility index (Phi) is 4.30. The molecule has 0 radical (unpaired) electrons. The molecule has 1 heteroatoms. The molecule has 0 aliphatic heterocycles. The lowest BCUT2D eigenvalue weighted by Gasteiger charge is -2.39. The van der Waals surface area contributed by atoms with Crippen LogP contribution in [-0.2, 0) is 4.79 Å². The summed E-state index contributed by atoms with van der Waals surface area (Å²) >= 11 is 0. The smallest absolute Gasteiger partial charge is 0.231 e. The van der Waals surface area contributed by atoms with E-state index in [0.29, 0.717) is 5.92 Å². The predicted molar refractivity (Wildman–Crippen MR) is 79.6 cm³/mol. The highest BCUT2D eigenvalue weighted by Gasteiger charge is 2.35. The molecule has 0 fully saturated rings. The van der Waals surface area contributed by atoms with Gasteiger partial charge in [0.2, 0.25) is 5.78 Å². The fourth-order valence-electron chi connectivity index (χ4n) is 2.99. The number of carbonyl (C=O) groups excluding carboxylic acids is 1. The van der Waals surface area contributed by atoms with Gasteiger partial charge < -0.3 is 0 Å². The van der Waals surface area contributed by atoms with Crippen LogP contribution in [0.3, 0.4) is 0 Å². The van der Waals surface area contributed by atoms with E-state index in [2.05, 4.69) is 44.8 Å². The standard InChI is InChI=1S/C18H24O/c1-14-7-5-4-6-8-17(19)16-10-9-15(2)18(3,13-16)12-11-14/h7,10,15H,4-5,9,11-13H2,1-3H3/b14-7+/t15-,18-/m1/s1. The normalized spacial score (nSPS) is 34.9. The van der Waals surface area contributed by atoms with Crippen molar-refractivity contribution in [3.05, 3.63) is 23.3 Å². The van der Waals surface area contributed by atoms with Gasteiger partial charge >= 0.3 is 0 Å². The summed E-state index contributed by atoms with van der Waals surface area (Å²) in [5.41, 5.74) is 2.67. The van der Waals surface area contributed by atoms with Gasteiger partial charge in [-0.1, -0.05) is 37.5 Å². The van der Waals surface area contributed by atoms with Crippen molar-refractivity contribution < 1.29 is 4.79 Å². The van der Waals surface area contributed by atoms with Gasteiger partial charge in [0.25, 0.3) is 0 Å². The summed E-state index contributed by atoms with van der Waals surface area (Å²) < 4.78 is 0. The van der Waals surface area contributed by atoms with Gasteiger partial charge in [-0.3, -0.25) is 4.79 Å². The first kappa shape index (κ1) is 14.1. The Bertz CT molecular complexity index is 484. The van der Waals surface area contributed by atoms with E-state index in [1.165, 1.54) is 12.0 Å². The van der Waals surface area contributed by atoms with Crippen molar-refractivity contribution in [3.8, 4) is 11.8 Å². The molecule has 0 saturated carbocycles. The van der Waals surface area contributed by atoms with Crippen LogP contribution in [0.2, 0.25) is 0 Å². The molecule has 0 amide bonds. The summed E-state index contributed by atoms with van der Waals surface area (Å²) in [5, 5.41) is 0. The monoisotopic (exact) mass is 256 g/mol. The van der Waals surface area contributed by atoms with E-state index in [9.17, 15) is 4.79 Å². The van der Waals surface area contributed by atoms with Crippen molar-refractivity contribution in [2.75, 3.05) is 0 Å². The molecule has 2 aliphatic rings. The fourth-order valence-corrected chi connectivity index (χ4v) is 2.99. The second-order valence-electron chi connectivity index (χ2n) is 6.42. The van der Waals surface area contributed by atoms with Gasteiger partial charge in [-0.25, -0.2) is 0 Å². The summed E-state index contributed by atoms with van der Waals surface area (Å²) in [6.45, 7) is 6.87. The second-order valence-corrected chi connectivity index (χ2v) is 6.42. The Labute approximate surface area is 117 Å². The first-order valence-corrected chi connectivity index (χ1v) is 7.39. The van der Waals surface area contributed by atoms with Gasteiger partial charge in [-0.05, 0) is 56.3 Å². The van der Waals surface area contributed by atoms with Crippen LogP contribution in [0.1, 0.15) is 59.3 Å². The lowest BCUT2D eigenvalue weighted by molar-refractivity contribution is -0.111. The molecule has 0 N–H and O–H groups in total. The average Bonchev–Trinajstić information content (AvgIpc) is 2.38. The molecule has 19 heavy (non-hydrogen) atoms. The Hall–Kier alpha value is -1.29. The molecule has 0 spiro atoms. The van der Waals surface area contributed by atoms with E-state index in [0.717, 1.165) is 37.7 Å². The minimum Gasteiger partial charge on any atom is -0.280 e. The van der Waals surface area contributed by atoms with Crippen molar-refractivity contribution in [1.29, 1.82) is 0 Å². The molecule has 0 aromatic heterocycles. The number of ketones is 1. The highest BCUT2D eigenvalue weighted by atomic mass is 16.1. The van der Waals surface area contributed by atoms with Crippen molar-refractivity contribution in [1.82, 2.24) is 0 Å². The lowest BCUT2D eigenvalue weighted by atomic mass is 9.65. The summed E-state index contributed by atoms with van der Waals surface area (Å²) in [5.74, 6) is 6.53. The maximum Gasteiger partial charge on any atom is 0.231 e. The number of Topliss-reactive ketones (excluding diaryl/α,β-unsaturated/α-hetero) is 1. The second kappa shape index (κ2) is 5.78. The van der Waals surface area contributed by atoms with Gasteiger partial charge in [0.15, 0.2) is 0 Å². The predicted octanol–water partition coefficient (Wildman–Crippen LogP) is 4.44. The number of carbonyl (C=O) groups is 1. The zero-order valence-corrected chi connectivity index (χ0v) is 12.4. The van der Waals surface area contributed by atoms with Crippen molar-refractivity contribution in [3.63, 3.8) is 0 Å². The Morgan fingerprint density at radius 2 is 2.16 bits per heavy atom. The third kappa shape index (κ3) is 3.38. The molecule has 0 aromatic rings. The number of hydrogen-bond acceptors (Lipinski definition) is 1. The molecule has 0 heterocycles. The van der Waals surface area contributed by atoms with E-state index >= 15 is 0 Å². The molecule has 2 atom stereocenters. The van der Waals surface area contributed by atoms with Crippen LogP contribution in [0.15, 0.2) is 23.3 Å². The maximum absolute atomic E-state index is 12.1. The highest BCUT2D eigenvalue weighted by molar-refractivity contribution is 6.08.